The third kappa shape index (κ3) is 3.93. The largest absolute Gasteiger partial charge is 0.353 e. The van der Waals surface area contributed by atoms with Crippen molar-refractivity contribution >= 4 is 5.91 Å². The number of piperidine rings is 1. The van der Waals surface area contributed by atoms with Crippen LogP contribution in [-0.2, 0) is 24.2 Å². The van der Waals surface area contributed by atoms with Gasteiger partial charge in [0.2, 0.25) is 5.91 Å². The summed E-state index contributed by atoms with van der Waals surface area (Å²) in [6, 6.07) is 10.9. The van der Waals surface area contributed by atoms with Crippen LogP contribution in [0.1, 0.15) is 36.2 Å². The SMILES string of the molecule is O=C(NC1CCN(Cc2ccccc2)CC1)C1CCc2nc[nH]c2C1. The molecule has 132 valence electrons. The number of carbonyl (C=O) groups is 1. The van der Waals surface area contributed by atoms with Crippen LogP contribution in [0.3, 0.4) is 0 Å². The van der Waals surface area contributed by atoms with Crippen molar-refractivity contribution < 1.29 is 4.79 Å². The van der Waals surface area contributed by atoms with E-state index in [1.807, 2.05) is 0 Å². The van der Waals surface area contributed by atoms with Gasteiger partial charge in [0, 0.05) is 43.7 Å². The molecule has 2 aliphatic rings. The Labute approximate surface area is 148 Å². The number of likely N-dealkylation sites (tertiary alicyclic amines) is 1. The number of amides is 1. The Morgan fingerprint density at radius 2 is 2.00 bits per heavy atom. The first-order valence-electron chi connectivity index (χ1n) is 9.35. The molecule has 25 heavy (non-hydrogen) atoms. The zero-order valence-corrected chi connectivity index (χ0v) is 14.6. The van der Waals surface area contributed by atoms with Crippen molar-refractivity contribution in [2.45, 2.75) is 44.7 Å². The minimum atomic E-state index is 0.0929. The molecule has 4 rings (SSSR count). The van der Waals surface area contributed by atoms with Gasteiger partial charge in [0.1, 0.15) is 0 Å². The minimum Gasteiger partial charge on any atom is -0.353 e. The van der Waals surface area contributed by atoms with Crippen LogP contribution in [0.4, 0.5) is 0 Å². The van der Waals surface area contributed by atoms with Crippen molar-refractivity contribution in [3.63, 3.8) is 0 Å². The number of hydrogen-bond donors (Lipinski definition) is 2. The van der Waals surface area contributed by atoms with Gasteiger partial charge in [-0.05, 0) is 31.2 Å². The molecule has 1 atom stereocenters. The van der Waals surface area contributed by atoms with Crippen molar-refractivity contribution in [3.8, 4) is 0 Å². The van der Waals surface area contributed by atoms with Crippen molar-refractivity contribution in [3.05, 3.63) is 53.6 Å². The number of aromatic nitrogens is 2. The third-order valence-electron chi connectivity index (χ3n) is 5.54. The lowest BCUT2D eigenvalue weighted by atomic mass is 9.88. The molecule has 1 fully saturated rings. The molecule has 2 N–H and O–H groups in total. The molecular weight excluding hydrogens is 312 g/mol. The molecule has 0 radical (unpaired) electrons. The minimum absolute atomic E-state index is 0.0929. The van der Waals surface area contributed by atoms with E-state index in [-0.39, 0.29) is 11.8 Å². The van der Waals surface area contributed by atoms with E-state index in [1.54, 1.807) is 6.33 Å². The number of rotatable bonds is 4. The zero-order chi connectivity index (χ0) is 17.1. The number of imidazole rings is 1. The predicted molar refractivity (Wildman–Crippen MR) is 97.0 cm³/mol. The van der Waals surface area contributed by atoms with Gasteiger partial charge in [0.15, 0.2) is 0 Å². The van der Waals surface area contributed by atoms with Crippen LogP contribution in [0.15, 0.2) is 36.7 Å². The molecule has 1 aliphatic heterocycles. The summed E-state index contributed by atoms with van der Waals surface area (Å²) >= 11 is 0. The summed E-state index contributed by atoms with van der Waals surface area (Å²) in [6.07, 6.45) is 6.45. The molecule has 1 aromatic heterocycles. The number of nitrogens with one attached hydrogen (secondary N) is 2. The quantitative estimate of drug-likeness (QED) is 0.899. The Morgan fingerprint density at radius 3 is 2.80 bits per heavy atom. The van der Waals surface area contributed by atoms with Crippen LogP contribution in [0.2, 0.25) is 0 Å². The molecule has 0 bridgehead atoms. The second-order valence-electron chi connectivity index (χ2n) is 7.31. The summed E-state index contributed by atoms with van der Waals surface area (Å²) in [5.74, 6) is 0.317. The fourth-order valence-corrected chi connectivity index (χ4v) is 4.02. The number of aromatic amines is 1. The Morgan fingerprint density at radius 1 is 1.20 bits per heavy atom. The van der Waals surface area contributed by atoms with Crippen molar-refractivity contribution in [1.29, 1.82) is 0 Å². The fourth-order valence-electron chi connectivity index (χ4n) is 4.02. The van der Waals surface area contributed by atoms with E-state index in [1.165, 1.54) is 5.56 Å². The Kier molecular flexibility index (Phi) is 4.83. The summed E-state index contributed by atoms with van der Waals surface area (Å²) in [6.45, 7) is 3.11. The van der Waals surface area contributed by atoms with Gasteiger partial charge in [0.05, 0.1) is 12.0 Å². The third-order valence-corrected chi connectivity index (χ3v) is 5.54. The van der Waals surface area contributed by atoms with Crippen molar-refractivity contribution in [2.75, 3.05) is 13.1 Å². The lowest BCUT2D eigenvalue weighted by Gasteiger charge is -2.33. The number of carbonyl (C=O) groups excluding carboxylic acids is 1. The van der Waals surface area contributed by atoms with Gasteiger partial charge in [-0.15, -0.1) is 0 Å². The van der Waals surface area contributed by atoms with Crippen molar-refractivity contribution in [1.82, 2.24) is 20.2 Å². The van der Waals surface area contributed by atoms with Gasteiger partial charge < -0.3 is 10.3 Å². The molecular formula is C20H26N4O. The number of benzene rings is 1. The smallest absolute Gasteiger partial charge is 0.223 e. The second-order valence-corrected chi connectivity index (χ2v) is 7.31. The van der Waals surface area contributed by atoms with Crippen LogP contribution in [0.25, 0.3) is 0 Å². The van der Waals surface area contributed by atoms with Gasteiger partial charge >= 0.3 is 0 Å². The molecule has 0 spiro atoms. The maximum atomic E-state index is 12.6. The molecule has 2 aromatic rings. The molecule has 1 unspecified atom stereocenters. The summed E-state index contributed by atoms with van der Waals surface area (Å²) in [7, 11) is 0. The van der Waals surface area contributed by atoms with Crippen LogP contribution >= 0.6 is 0 Å². The van der Waals surface area contributed by atoms with Crippen molar-refractivity contribution in [2.24, 2.45) is 5.92 Å². The second kappa shape index (κ2) is 7.40. The highest BCUT2D eigenvalue weighted by atomic mass is 16.1. The summed E-state index contributed by atoms with van der Waals surface area (Å²) in [5, 5.41) is 3.30. The molecule has 5 nitrogen and oxygen atoms in total. The monoisotopic (exact) mass is 338 g/mol. The van der Waals surface area contributed by atoms with E-state index in [0.717, 1.165) is 63.1 Å². The highest BCUT2D eigenvalue weighted by Crippen LogP contribution is 2.23. The Balaban J connectivity index is 1.24. The first-order valence-corrected chi connectivity index (χ1v) is 9.35. The number of hydrogen-bond acceptors (Lipinski definition) is 3. The van der Waals surface area contributed by atoms with Gasteiger partial charge in [-0.25, -0.2) is 4.98 Å². The van der Waals surface area contributed by atoms with Crippen LogP contribution in [-0.4, -0.2) is 39.9 Å². The average Bonchev–Trinajstić information content (AvgIpc) is 3.12. The van der Waals surface area contributed by atoms with Crippen LogP contribution in [0.5, 0.6) is 0 Å². The fraction of sp³-hybridized carbons (Fsp3) is 0.500. The number of nitrogens with zero attached hydrogens (tertiary/aromatic N) is 2. The number of H-pyrrole nitrogens is 1. The zero-order valence-electron chi connectivity index (χ0n) is 14.6. The van der Waals surface area contributed by atoms with Gasteiger partial charge in [-0.2, -0.15) is 0 Å². The molecule has 1 saturated heterocycles. The van der Waals surface area contributed by atoms with Crippen LogP contribution < -0.4 is 5.32 Å². The van der Waals surface area contributed by atoms with Gasteiger partial charge in [-0.3, -0.25) is 9.69 Å². The molecule has 5 heteroatoms. The maximum Gasteiger partial charge on any atom is 0.223 e. The van der Waals surface area contributed by atoms with E-state index >= 15 is 0 Å². The number of fused-ring (bicyclic) bond motifs is 1. The molecule has 1 amide bonds. The van der Waals surface area contributed by atoms with Gasteiger partial charge in [0.25, 0.3) is 0 Å². The van der Waals surface area contributed by atoms with E-state index in [9.17, 15) is 4.79 Å². The highest BCUT2D eigenvalue weighted by Gasteiger charge is 2.28. The molecule has 1 aliphatic carbocycles. The topological polar surface area (TPSA) is 61.0 Å². The Hall–Kier alpha value is -2.14. The lowest BCUT2D eigenvalue weighted by molar-refractivity contribution is -0.126. The van der Waals surface area contributed by atoms with E-state index in [0.29, 0.717) is 6.04 Å². The molecule has 1 aromatic carbocycles. The number of aryl methyl sites for hydroxylation is 1. The van der Waals surface area contributed by atoms with Crippen LogP contribution in [0, 0.1) is 5.92 Å². The standard InChI is InChI=1S/C20H26N4O/c25-20(16-6-7-18-19(12-16)22-14-21-18)23-17-8-10-24(11-9-17)13-15-4-2-1-3-5-15/h1-5,14,16-17H,6-13H2,(H,21,22)(H,23,25). The molecule has 0 saturated carbocycles. The van der Waals surface area contributed by atoms with E-state index < -0.39 is 0 Å². The maximum absolute atomic E-state index is 12.6. The summed E-state index contributed by atoms with van der Waals surface area (Å²) < 4.78 is 0. The van der Waals surface area contributed by atoms with E-state index in [4.69, 9.17) is 0 Å². The van der Waals surface area contributed by atoms with E-state index in [2.05, 4.69) is 50.5 Å². The predicted octanol–water partition coefficient (Wildman–Crippen LogP) is 2.30. The normalized spacial score (nSPS) is 21.7. The Bertz CT molecular complexity index is 703. The summed E-state index contributed by atoms with van der Waals surface area (Å²) in [5.41, 5.74) is 3.64. The van der Waals surface area contributed by atoms with Gasteiger partial charge in [-0.1, -0.05) is 30.3 Å². The molecule has 2 heterocycles. The average molecular weight is 338 g/mol. The highest BCUT2D eigenvalue weighted by molar-refractivity contribution is 5.79. The summed E-state index contributed by atoms with van der Waals surface area (Å²) in [4.78, 5) is 22.6. The first kappa shape index (κ1) is 16.3. The first-order chi connectivity index (χ1) is 12.3. The lowest BCUT2D eigenvalue weighted by Crippen LogP contribution is -2.46.